The lowest BCUT2D eigenvalue weighted by molar-refractivity contribution is -0.152. The fraction of sp³-hybridized carbons (Fsp3) is 0.667. The number of nitrogens with one attached hydrogen (secondary N) is 1. The molecular weight excluding hydrogens is 312 g/mol. The molecule has 0 radical (unpaired) electrons. The lowest BCUT2D eigenvalue weighted by atomic mass is 9.64. The van der Waals surface area contributed by atoms with Crippen LogP contribution in [0.4, 0.5) is 5.69 Å². The highest BCUT2D eigenvalue weighted by atomic mass is 16.5. The quantitative estimate of drug-likeness (QED) is 0.797. The lowest BCUT2D eigenvalue weighted by Gasteiger charge is -2.53. The Morgan fingerprint density at radius 2 is 2.12 bits per heavy atom. The average Bonchev–Trinajstić information content (AvgIpc) is 3.04. The molecule has 5 rings (SSSR count). The molecule has 1 aromatic rings. The predicted molar refractivity (Wildman–Crippen MR) is 97.5 cm³/mol. The molecule has 3 fully saturated rings. The summed E-state index contributed by atoms with van der Waals surface area (Å²) in [5.41, 5.74) is 2.83. The zero-order valence-electron chi connectivity index (χ0n) is 15.0. The molecule has 4 nitrogen and oxygen atoms in total. The number of esters is 1. The van der Waals surface area contributed by atoms with Crippen LogP contribution in [0.5, 0.6) is 0 Å². The van der Waals surface area contributed by atoms with Gasteiger partial charge in [0.05, 0.1) is 13.0 Å². The van der Waals surface area contributed by atoms with Gasteiger partial charge in [-0.1, -0.05) is 24.6 Å². The number of hydrogen-bond acceptors (Lipinski definition) is 4. The van der Waals surface area contributed by atoms with Crippen molar-refractivity contribution in [2.75, 3.05) is 25.5 Å². The van der Waals surface area contributed by atoms with Crippen LogP contribution >= 0.6 is 0 Å². The first kappa shape index (κ1) is 15.7. The van der Waals surface area contributed by atoms with Crippen LogP contribution in [-0.4, -0.2) is 43.2 Å². The predicted octanol–water partition coefficient (Wildman–Crippen LogP) is 3.25. The van der Waals surface area contributed by atoms with Crippen LogP contribution in [-0.2, 0) is 9.53 Å². The number of methoxy groups -OCH3 is 1. The second kappa shape index (κ2) is 6.01. The van der Waals surface area contributed by atoms with Crippen LogP contribution in [0.2, 0.25) is 0 Å². The third kappa shape index (κ3) is 2.41. The fourth-order valence-corrected chi connectivity index (χ4v) is 6.31. The molecule has 1 saturated carbocycles. The number of nitrogens with zero attached hydrogens (tertiary/aromatic N) is 1. The van der Waals surface area contributed by atoms with Gasteiger partial charge in [-0.05, 0) is 55.7 Å². The van der Waals surface area contributed by atoms with E-state index >= 15 is 0 Å². The molecule has 134 valence electrons. The monoisotopic (exact) mass is 340 g/mol. The van der Waals surface area contributed by atoms with Gasteiger partial charge in [-0.15, -0.1) is 0 Å². The van der Waals surface area contributed by atoms with E-state index in [1.807, 2.05) is 0 Å². The van der Waals surface area contributed by atoms with E-state index in [-0.39, 0.29) is 11.9 Å². The summed E-state index contributed by atoms with van der Waals surface area (Å²) >= 11 is 0. The number of piperidine rings is 2. The molecule has 6 atom stereocenters. The van der Waals surface area contributed by atoms with Crippen molar-refractivity contribution in [3.8, 4) is 0 Å². The molecule has 0 spiro atoms. The minimum atomic E-state index is 0.0261. The van der Waals surface area contributed by atoms with E-state index in [1.165, 1.54) is 43.6 Å². The van der Waals surface area contributed by atoms with Crippen LogP contribution in [0, 0.1) is 17.8 Å². The number of para-hydroxylation sites is 1. The van der Waals surface area contributed by atoms with Gasteiger partial charge in [-0.2, -0.15) is 0 Å². The molecule has 1 aliphatic carbocycles. The molecule has 2 saturated heterocycles. The maximum Gasteiger partial charge on any atom is 0.308 e. The summed E-state index contributed by atoms with van der Waals surface area (Å²) in [6.45, 7) is 2.37. The molecule has 0 aromatic heterocycles. The Bertz CT molecular complexity index is 676. The number of fused-ring (bicyclic) bond motifs is 6. The van der Waals surface area contributed by atoms with Crippen molar-refractivity contribution >= 4 is 11.7 Å². The zero-order chi connectivity index (χ0) is 17.0. The summed E-state index contributed by atoms with van der Waals surface area (Å²) in [4.78, 5) is 15.1. The standard InChI is InChI=1S/C21H28N2O2/c1-25-21(24)16-7-4-5-13-12-23-10-9-15-14-6-2-3-8-18(14)22-20(15)19(23)11-17(13)16/h2-3,6,8,13,15-17,19-20,22H,4-5,7,9-12H2,1H3/t13-,15?,16?,17-,19-,20?/m0/s1. The number of carbonyl (C=O) groups excluding carboxylic acids is 1. The number of hydrogen-bond donors (Lipinski definition) is 1. The Balaban J connectivity index is 1.41. The molecular formula is C21H28N2O2. The Morgan fingerprint density at radius 1 is 1.24 bits per heavy atom. The molecule has 3 heterocycles. The summed E-state index contributed by atoms with van der Waals surface area (Å²) in [6.07, 6.45) is 5.87. The van der Waals surface area contributed by atoms with Crippen molar-refractivity contribution < 1.29 is 9.53 Å². The van der Waals surface area contributed by atoms with Crippen molar-refractivity contribution in [2.24, 2.45) is 17.8 Å². The number of benzene rings is 1. The largest absolute Gasteiger partial charge is 0.469 e. The highest BCUT2D eigenvalue weighted by Crippen LogP contribution is 2.49. The van der Waals surface area contributed by atoms with Crippen molar-refractivity contribution in [3.05, 3.63) is 29.8 Å². The highest BCUT2D eigenvalue weighted by Gasteiger charge is 2.50. The summed E-state index contributed by atoms with van der Waals surface area (Å²) in [6, 6.07) is 9.88. The van der Waals surface area contributed by atoms with Crippen molar-refractivity contribution in [1.82, 2.24) is 4.90 Å². The van der Waals surface area contributed by atoms with E-state index in [4.69, 9.17) is 4.74 Å². The van der Waals surface area contributed by atoms with E-state index in [0.29, 0.717) is 29.8 Å². The van der Waals surface area contributed by atoms with Crippen LogP contribution in [0.3, 0.4) is 0 Å². The van der Waals surface area contributed by atoms with Gasteiger partial charge < -0.3 is 10.1 Å². The second-order valence-electron chi connectivity index (χ2n) is 8.44. The van der Waals surface area contributed by atoms with Crippen LogP contribution in [0.1, 0.15) is 43.6 Å². The highest BCUT2D eigenvalue weighted by molar-refractivity contribution is 5.73. The SMILES string of the molecule is COC(=O)C1CCC[C@H]2CN3CCC4c5ccccc5NC4[C@@H]3C[C@H]12. The van der Waals surface area contributed by atoms with Gasteiger partial charge >= 0.3 is 5.97 Å². The number of rotatable bonds is 1. The topological polar surface area (TPSA) is 41.6 Å². The number of anilines is 1. The van der Waals surface area contributed by atoms with Crippen LogP contribution in [0.25, 0.3) is 0 Å². The molecule has 4 aliphatic rings. The number of carbonyl (C=O) groups is 1. The Hall–Kier alpha value is -1.55. The third-order valence-corrected chi connectivity index (χ3v) is 7.43. The molecule has 25 heavy (non-hydrogen) atoms. The maximum absolute atomic E-state index is 12.3. The minimum absolute atomic E-state index is 0.0261. The van der Waals surface area contributed by atoms with E-state index < -0.39 is 0 Å². The summed E-state index contributed by atoms with van der Waals surface area (Å²) in [5.74, 6) is 1.96. The van der Waals surface area contributed by atoms with Gasteiger partial charge in [0, 0.05) is 30.2 Å². The van der Waals surface area contributed by atoms with E-state index in [2.05, 4.69) is 34.5 Å². The molecule has 0 bridgehead atoms. The molecule has 3 unspecified atom stereocenters. The fourth-order valence-electron chi connectivity index (χ4n) is 6.31. The van der Waals surface area contributed by atoms with Crippen molar-refractivity contribution in [2.45, 2.75) is 50.1 Å². The lowest BCUT2D eigenvalue weighted by Crippen LogP contribution is -2.60. The Kier molecular flexibility index (Phi) is 3.77. The normalized spacial score (nSPS) is 39.4. The molecule has 1 aromatic carbocycles. The van der Waals surface area contributed by atoms with E-state index in [1.54, 1.807) is 7.11 Å². The average molecular weight is 340 g/mol. The molecule has 4 heteroatoms. The van der Waals surface area contributed by atoms with E-state index in [0.717, 1.165) is 12.8 Å². The van der Waals surface area contributed by atoms with E-state index in [9.17, 15) is 4.79 Å². The van der Waals surface area contributed by atoms with Gasteiger partial charge in [0.15, 0.2) is 0 Å². The molecule has 0 amide bonds. The molecule has 3 aliphatic heterocycles. The summed E-state index contributed by atoms with van der Waals surface area (Å²) in [5, 5.41) is 3.83. The van der Waals surface area contributed by atoms with Crippen molar-refractivity contribution in [1.29, 1.82) is 0 Å². The Labute approximate surface area is 149 Å². The smallest absolute Gasteiger partial charge is 0.308 e. The Morgan fingerprint density at radius 3 is 3.00 bits per heavy atom. The zero-order valence-corrected chi connectivity index (χ0v) is 15.0. The van der Waals surface area contributed by atoms with Crippen LogP contribution in [0.15, 0.2) is 24.3 Å². The van der Waals surface area contributed by atoms with Gasteiger partial charge in [-0.25, -0.2) is 0 Å². The van der Waals surface area contributed by atoms with Gasteiger partial charge in [0.2, 0.25) is 0 Å². The first-order valence-electron chi connectivity index (χ1n) is 9.93. The first-order chi connectivity index (χ1) is 12.3. The summed E-state index contributed by atoms with van der Waals surface area (Å²) in [7, 11) is 1.55. The second-order valence-corrected chi connectivity index (χ2v) is 8.44. The first-order valence-corrected chi connectivity index (χ1v) is 9.93. The van der Waals surface area contributed by atoms with Crippen molar-refractivity contribution in [3.63, 3.8) is 0 Å². The van der Waals surface area contributed by atoms with Gasteiger partial charge in [-0.3, -0.25) is 9.69 Å². The minimum Gasteiger partial charge on any atom is -0.469 e. The molecule has 1 N–H and O–H groups in total. The maximum atomic E-state index is 12.3. The number of ether oxygens (including phenoxy) is 1. The van der Waals surface area contributed by atoms with Crippen LogP contribution < -0.4 is 5.32 Å². The third-order valence-electron chi connectivity index (χ3n) is 7.43. The summed E-state index contributed by atoms with van der Waals surface area (Å²) < 4.78 is 5.14. The van der Waals surface area contributed by atoms with Gasteiger partial charge in [0.25, 0.3) is 0 Å². The van der Waals surface area contributed by atoms with Gasteiger partial charge in [0.1, 0.15) is 0 Å².